The van der Waals surface area contributed by atoms with Crippen LogP contribution in [0.2, 0.25) is 10.0 Å². The van der Waals surface area contributed by atoms with Crippen molar-refractivity contribution < 1.29 is 17.9 Å². The molecule has 0 aromatic heterocycles. The van der Waals surface area contributed by atoms with E-state index in [-0.39, 0.29) is 4.90 Å². The molecule has 2 amide bonds. The molecule has 0 saturated heterocycles. The van der Waals surface area contributed by atoms with Crippen molar-refractivity contribution in [3.05, 3.63) is 58.1 Å². The number of amides is 2. The monoisotopic (exact) mass is 416 g/mol. The molecule has 0 bridgehead atoms. The van der Waals surface area contributed by atoms with Crippen LogP contribution in [-0.2, 0) is 10.0 Å². The van der Waals surface area contributed by atoms with Gasteiger partial charge in [0.1, 0.15) is 5.75 Å². The third kappa shape index (κ3) is 5.27. The third-order valence-electron chi connectivity index (χ3n) is 3.44. The van der Waals surface area contributed by atoms with E-state index in [9.17, 15) is 13.2 Å². The Kier molecular flexibility index (Phi) is 6.75. The Morgan fingerprint density at radius 1 is 1.12 bits per heavy atom. The molecule has 0 fully saturated rings. The van der Waals surface area contributed by atoms with Gasteiger partial charge in [0.05, 0.1) is 17.5 Å². The number of carbonyl (C=O) groups excluding carboxylic acids is 1. The minimum Gasteiger partial charge on any atom is -0.494 e. The van der Waals surface area contributed by atoms with E-state index >= 15 is 0 Å². The van der Waals surface area contributed by atoms with Crippen molar-refractivity contribution in [3.8, 4) is 5.75 Å². The summed E-state index contributed by atoms with van der Waals surface area (Å²) in [4.78, 5) is 12.1. The van der Waals surface area contributed by atoms with Crippen LogP contribution >= 0.6 is 23.2 Å². The maximum Gasteiger partial charge on any atom is 0.329 e. The maximum absolute atomic E-state index is 12.2. The van der Waals surface area contributed by atoms with Crippen LogP contribution in [0.1, 0.15) is 25.5 Å². The summed E-state index contributed by atoms with van der Waals surface area (Å²) in [7, 11) is -4.01. The van der Waals surface area contributed by atoms with Gasteiger partial charge in [0.15, 0.2) is 0 Å². The van der Waals surface area contributed by atoms with Crippen molar-refractivity contribution in [2.24, 2.45) is 0 Å². The number of urea groups is 1. The lowest BCUT2D eigenvalue weighted by Gasteiger charge is -2.18. The predicted molar refractivity (Wildman–Crippen MR) is 101 cm³/mol. The van der Waals surface area contributed by atoms with Crippen LogP contribution in [0.5, 0.6) is 5.75 Å². The van der Waals surface area contributed by atoms with E-state index in [1.165, 1.54) is 24.3 Å². The fourth-order valence-corrected chi connectivity index (χ4v) is 3.46. The average molecular weight is 417 g/mol. The van der Waals surface area contributed by atoms with Crippen LogP contribution in [-0.4, -0.2) is 21.1 Å². The Morgan fingerprint density at radius 3 is 2.35 bits per heavy atom. The van der Waals surface area contributed by atoms with E-state index in [1.54, 1.807) is 25.1 Å². The number of ether oxygens (including phenoxy) is 1. The number of halogens is 2. The van der Waals surface area contributed by atoms with Gasteiger partial charge in [0.2, 0.25) is 0 Å². The maximum atomic E-state index is 12.2. The summed E-state index contributed by atoms with van der Waals surface area (Å²) in [5.41, 5.74) is 0.637. The minimum atomic E-state index is -4.01. The van der Waals surface area contributed by atoms with E-state index in [2.05, 4.69) is 5.32 Å². The molecule has 2 N–H and O–H groups in total. The van der Waals surface area contributed by atoms with Crippen molar-refractivity contribution in [1.29, 1.82) is 0 Å². The number of hydrogen-bond donors (Lipinski definition) is 2. The summed E-state index contributed by atoms with van der Waals surface area (Å²) in [5, 5.41) is 3.44. The first-order chi connectivity index (χ1) is 12.2. The highest BCUT2D eigenvalue weighted by atomic mass is 35.5. The molecule has 1 unspecified atom stereocenters. The van der Waals surface area contributed by atoms with Gasteiger partial charge >= 0.3 is 6.03 Å². The molecule has 140 valence electrons. The molecule has 26 heavy (non-hydrogen) atoms. The Labute approximate surface area is 162 Å². The largest absolute Gasteiger partial charge is 0.494 e. The molecule has 9 heteroatoms. The van der Waals surface area contributed by atoms with Gasteiger partial charge in [-0.2, -0.15) is 0 Å². The first-order valence-electron chi connectivity index (χ1n) is 7.74. The molecule has 0 aliphatic carbocycles. The second-order valence-electron chi connectivity index (χ2n) is 5.37. The molecule has 0 saturated carbocycles. The molecule has 0 spiro atoms. The normalized spacial score (nSPS) is 12.3. The van der Waals surface area contributed by atoms with E-state index in [0.717, 1.165) is 0 Å². The van der Waals surface area contributed by atoms with Crippen LogP contribution in [0.25, 0.3) is 0 Å². The number of carbonyl (C=O) groups is 1. The van der Waals surface area contributed by atoms with Gasteiger partial charge in [-0.05, 0) is 56.3 Å². The summed E-state index contributed by atoms with van der Waals surface area (Å²) in [5.74, 6) is 0.560. The molecule has 0 aliphatic rings. The van der Waals surface area contributed by atoms with Gasteiger partial charge < -0.3 is 10.1 Å². The lowest BCUT2D eigenvalue weighted by Crippen LogP contribution is -2.40. The molecule has 2 aromatic carbocycles. The Hall–Kier alpha value is -1.96. The van der Waals surface area contributed by atoms with Crippen LogP contribution in [0.15, 0.2) is 47.4 Å². The second kappa shape index (κ2) is 8.62. The van der Waals surface area contributed by atoms with Gasteiger partial charge in [-0.3, -0.25) is 0 Å². The highest BCUT2D eigenvalue weighted by Crippen LogP contribution is 2.28. The van der Waals surface area contributed by atoms with E-state index in [0.29, 0.717) is 28.0 Å². The summed E-state index contributed by atoms with van der Waals surface area (Å²) < 4.78 is 31.9. The molecule has 6 nitrogen and oxygen atoms in total. The smallest absolute Gasteiger partial charge is 0.329 e. The zero-order chi connectivity index (χ0) is 19.3. The standard InChI is InChI=1S/C17H18Cl2N2O4S/c1-3-25-16-9-6-13(19)10-15(16)11(2)20-17(22)21-26(23,24)14-7-4-12(18)5-8-14/h4-11H,3H2,1-2H3,(H2,20,21,22). The minimum absolute atomic E-state index is 0.0672. The summed E-state index contributed by atoms with van der Waals surface area (Å²) >= 11 is 11.7. The van der Waals surface area contributed by atoms with Gasteiger partial charge in [-0.15, -0.1) is 0 Å². The van der Waals surface area contributed by atoms with Crippen molar-refractivity contribution in [1.82, 2.24) is 10.0 Å². The molecule has 1 atom stereocenters. The fourth-order valence-electron chi connectivity index (χ4n) is 2.24. The molecule has 2 aromatic rings. The molecular formula is C17H18Cl2N2O4S. The number of nitrogens with one attached hydrogen (secondary N) is 2. The fraction of sp³-hybridized carbons (Fsp3) is 0.235. The van der Waals surface area contributed by atoms with Gasteiger partial charge in [0.25, 0.3) is 10.0 Å². The third-order valence-corrected chi connectivity index (χ3v) is 5.27. The summed E-state index contributed by atoms with van der Waals surface area (Å²) in [6, 6.07) is 9.11. The van der Waals surface area contributed by atoms with Gasteiger partial charge in [-0.25, -0.2) is 17.9 Å². The number of sulfonamides is 1. The molecule has 2 rings (SSSR count). The highest BCUT2D eigenvalue weighted by Gasteiger charge is 2.20. The van der Waals surface area contributed by atoms with Crippen LogP contribution in [0, 0.1) is 0 Å². The Balaban J connectivity index is 2.12. The van der Waals surface area contributed by atoms with Crippen molar-refractivity contribution in [2.45, 2.75) is 24.8 Å². The second-order valence-corrected chi connectivity index (χ2v) is 7.93. The molecule has 0 heterocycles. The SMILES string of the molecule is CCOc1ccc(Cl)cc1C(C)NC(=O)NS(=O)(=O)c1ccc(Cl)cc1. The Bertz CT molecular complexity index is 886. The average Bonchev–Trinajstić information content (AvgIpc) is 2.56. The number of hydrogen-bond acceptors (Lipinski definition) is 4. The zero-order valence-electron chi connectivity index (χ0n) is 14.1. The quantitative estimate of drug-likeness (QED) is 0.740. The number of rotatable bonds is 6. The van der Waals surface area contributed by atoms with Gasteiger partial charge in [0, 0.05) is 15.6 Å². The molecule has 0 radical (unpaired) electrons. The predicted octanol–water partition coefficient (Wildman–Crippen LogP) is 4.14. The van der Waals surface area contributed by atoms with Gasteiger partial charge in [-0.1, -0.05) is 23.2 Å². The number of benzene rings is 2. The van der Waals surface area contributed by atoms with Crippen LogP contribution < -0.4 is 14.8 Å². The molecular weight excluding hydrogens is 399 g/mol. The summed E-state index contributed by atoms with van der Waals surface area (Å²) in [6.07, 6.45) is 0. The topological polar surface area (TPSA) is 84.5 Å². The zero-order valence-corrected chi connectivity index (χ0v) is 16.5. The van der Waals surface area contributed by atoms with Crippen LogP contribution in [0.4, 0.5) is 4.79 Å². The van der Waals surface area contributed by atoms with E-state index in [4.69, 9.17) is 27.9 Å². The van der Waals surface area contributed by atoms with Crippen molar-refractivity contribution in [3.63, 3.8) is 0 Å². The first kappa shape index (κ1) is 20.4. The Morgan fingerprint density at radius 2 is 1.73 bits per heavy atom. The van der Waals surface area contributed by atoms with Crippen LogP contribution in [0.3, 0.4) is 0 Å². The summed E-state index contributed by atoms with van der Waals surface area (Å²) in [6.45, 7) is 3.98. The first-order valence-corrected chi connectivity index (χ1v) is 9.98. The molecule has 0 aliphatic heterocycles. The lowest BCUT2D eigenvalue weighted by atomic mass is 10.1. The van der Waals surface area contributed by atoms with E-state index < -0.39 is 22.1 Å². The van der Waals surface area contributed by atoms with E-state index in [1.807, 2.05) is 11.6 Å². The lowest BCUT2D eigenvalue weighted by molar-refractivity contribution is 0.242. The highest BCUT2D eigenvalue weighted by molar-refractivity contribution is 7.90. The van der Waals surface area contributed by atoms with Crippen molar-refractivity contribution >= 4 is 39.3 Å². The van der Waals surface area contributed by atoms with Crippen molar-refractivity contribution in [2.75, 3.05) is 6.61 Å².